The number of thiophene rings is 1. The van der Waals surface area contributed by atoms with Gasteiger partial charge in [-0.3, -0.25) is 0 Å². The average Bonchev–Trinajstić information content (AvgIpc) is 2.88. The molecule has 0 amide bonds. The fourth-order valence-corrected chi connectivity index (χ4v) is 2.73. The van der Waals surface area contributed by atoms with Crippen molar-refractivity contribution in [2.75, 3.05) is 14.2 Å². The molecule has 0 aliphatic heterocycles. The van der Waals surface area contributed by atoms with E-state index in [0.717, 1.165) is 17.9 Å². The number of hydrogen-bond donors (Lipinski definition) is 1. The molecule has 0 bridgehead atoms. The molecule has 0 saturated carbocycles. The minimum absolute atomic E-state index is 0.628. The van der Waals surface area contributed by atoms with Crippen molar-refractivity contribution in [3.05, 3.63) is 51.7 Å². The maximum atomic E-state index is 5.72. The predicted octanol–water partition coefficient (Wildman–Crippen LogP) is 3.19. The molecule has 4 heteroatoms. The highest BCUT2D eigenvalue weighted by Crippen LogP contribution is 2.18. The molecule has 2 rings (SSSR count). The van der Waals surface area contributed by atoms with Crippen molar-refractivity contribution in [1.29, 1.82) is 0 Å². The molecule has 0 spiro atoms. The van der Waals surface area contributed by atoms with Gasteiger partial charge < -0.3 is 14.8 Å². The van der Waals surface area contributed by atoms with E-state index in [9.17, 15) is 0 Å². The van der Waals surface area contributed by atoms with Crippen molar-refractivity contribution in [2.45, 2.75) is 19.8 Å². The largest absolute Gasteiger partial charge is 0.497 e. The van der Waals surface area contributed by atoms with Gasteiger partial charge in [0.1, 0.15) is 5.75 Å². The van der Waals surface area contributed by atoms with Gasteiger partial charge in [0, 0.05) is 16.3 Å². The summed E-state index contributed by atoms with van der Waals surface area (Å²) in [6.07, 6.45) is 0. The molecule has 1 aromatic carbocycles. The van der Waals surface area contributed by atoms with Crippen LogP contribution < -0.4 is 10.1 Å². The number of hydrogen-bond acceptors (Lipinski definition) is 4. The fourth-order valence-electron chi connectivity index (χ4n) is 1.76. The minimum atomic E-state index is 0.628. The molecule has 1 heterocycles. The first-order valence-electron chi connectivity index (χ1n) is 6.24. The lowest BCUT2D eigenvalue weighted by Crippen LogP contribution is -2.02. The normalized spacial score (nSPS) is 10.6. The summed E-state index contributed by atoms with van der Waals surface area (Å²) in [5.41, 5.74) is 1.16. The van der Waals surface area contributed by atoms with Crippen LogP contribution in [0, 0.1) is 0 Å². The fraction of sp³-hybridized carbons (Fsp3) is 0.333. The number of nitrogens with one attached hydrogen (secondary N) is 1. The Labute approximate surface area is 118 Å². The molecule has 1 N–H and O–H groups in total. The van der Waals surface area contributed by atoms with Gasteiger partial charge in [-0.15, -0.1) is 11.3 Å². The van der Waals surface area contributed by atoms with Crippen LogP contribution in [-0.4, -0.2) is 14.2 Å². The highest BCUT2D eigenvalue weighted by Gasteiger charge is 2.00. The van der Waals surface area contributed by atoms with E-state index in [-0.39, 0.29) is 0 Å². The molecule has 0 aliphatic rings. The molecule has 0 aliphatic carbocycles. The second kappa shape index (κ2) is 7.28. The Morgan fingerprint density at radius 2 is 1.74 bits per heavy atom. The lowest BCUT2D eigenvalue weighted by molar-refractivity contribution is 0.109. The van der Waals surface area contributed by atoms with E-state index in [1.165, 1.54) is 9.75 Å². The Morgan fingerprint density at radius 3 is 2.42 bits per heavy atom. The Balaban J connectivity index is 1.78. The highest BCUT2D eigenvalue weighted by atomic mass is 32.1. The Morgan fingerprint density at radius 1 is 1.00 bits per heavy atom. The van der Waals surface area contributed by atoms with E-state index < -0.39 is 0 Å². The third kappa shape index (κ3) is 4.35. The van der Waals surface area contributed by atoms with Crippen LogP contribution in [0.2, 0.25) is 0 Å². The van der Waals surface area contributed by atoms with E-state index >= 15 is 0 Å². The van der Waals surface area contributed by atoms with Crippen molar-refractivity contribution >= 4 is 11.3 Å². The molecule has 19 heavy (non-hydrogen) atoms. The standard InChI is InChI=1S/C15H19NO2S/c1-16-9-14-7-8-15(19-14)11-18-10-12-3-5-13(17-2)6-4-12/h3-8,16H,9-11H2,1-2H3. The molecule has 0 atom stereocenters. The Bertz CT molecular complexity index is 493. The van der Waals surface area contributed by atoms with Gasteiger partial charge in [-0.2, -0.15) is 0 Å². The van der Waals surface area contributed by atoms with Crippen LogP contribution in [0.1, 0.15) is 15.3 Å². The van der Waals surface area contributed by atoms with Gasteiger partial charge in [0.15, 0.2) is 0 Å². The highest BCUT2D eigenvalue weighted by molar-refractivity contribution is 7.11. The van der Waals surface area contributed by atoms with Crippen LogP contribution in [0.25, 0.3) is 0 Å². The van der Waals surface area contributed by atoms with Crippen LogP contribution >= 0.6 is 11.3 Å². The first-order valence-corrected chi connectivity index (χ1v) is 7.06. The van der Waals surface area contributed by atoms with E-state index in [1.807, 2.05) is 31.3 Å². The number of benzene rings is 1. The van der Waals surface area contributed by atoms with Crippen molar-refractivity contribution in [2.24, 2.45) is 0 Å². The first-order chi connectivity index (χ1) is 9.31. The maximum Gasteiger partial charge on any atom is 0.118 e. The predicted molar refractivity (Wildman–Crippen MR) is 78.6 cm³/mol. The van der Waals surface area contributed by atoms with E-state index in [1.54, 1.807) is 18.4 Å². The van der Waals surface area contributed by atoms with Gasteiger partial charge in [-0.25, -0.2) is 0 Å². The van der Waals surface area contributed by atoms with Gasteiger partial charge in [0.05, 0.1) is 20.3 Å². The molecule has 0 radical (unpaired) electrons. The summed E-state index contributed by atoms with van der Waals surface area (Å²) in [6.45, 7) is 2.22. The molecule has 2 aromatic rings. The van der Waals surface area contributed by atoms with Gasteiger partial charge in [0.25, 0.3) is 0 Å². The van der Waals surface area contributed by atoms with Crippen LogP contribution in [0.15, 0.2) is 36.4 Å². The van der Waals surface area contributed by atoms with Crippen LogP contribution in [-0.2, 0) is 24.5 Å². The maximum absolute atomic E-state index is 5.72. The van der Waals surface area contributed by atoms with Gasteiger partial charge in [0.2, 0.25) is 0 Å². The Hall–Kier alpha value is -1.36. The smallest absolute Gasteiger partial charge is 0.118 e. The van der Waals surface area contributed by atoms with E-state index in [2.05, 4.69) is 17.4 Å². The minimum Gasteiger partial charge on any atom is -0.497 e. The summed E-state index contributed by atoms with van der Waals surface area (Å²) in [5.74, 6) is 0.874. The van der Waals surface area contributed by atoms with Crippen molar-refractivity contribution < 1.29 is 9.47 Å². The third-order valence-electron chi connectivity index (χ3n) is 2.74. The number of methoxy groups -OCH3 is 1. The summed E-state index contributed by atoms with van der Waals surface area (Å²) in [5, 5.41) is 3.15. The molecule has 102 valence electrons. The van der Waals surface area contributed by atoms with Gasteiger partial charge in [-0.1, -0.05) is 12.1 Å². The second-order valence-corrected chi connectivity index (χ2v) is 5.49. The summed E-state index contributed by atoms with van der Waals surface area (Å²) in [7, 11) is 3.63. The molecule has 0 saturated heterocycles. The SMILES string of the molecule is CNCc1ccc(COCc2ccc(OC)cc2)s1. The van der Waals surface area contributed by atoms with E-state index in [0.29, 0.717) is 13.2 Å². The summed E-state index contributed by atoms with van der Waals surface area (Å²) >= 11 is 1.79. The Kier molecular flexibility index (Phi) is 5.39. The second-order valence-electron chi connectivity index (χ2n) is 4.24. The van der Waals surface area contributed by atoms with Crippen molar-refractivity contribution in [3.8, 4) is 5.75 Å². The molecule has 3 nitrogen and oxygen atoms in total. The topological polar surface area (TPSA) is 30.5 Å². The number of rotatable bonds is 7. The average molecular weight is 277 g/mol. The molecule has 0 unspecified atom stereocenters. The van der Waals surface area contributed by atoms with Crippen LogP contribution in [0.5, 0.6) is 5.75 Å². The van der Waals surface area contributed by atoms with Crippen LogP contribution in [0.3, 0.4) is 0 Å². The summed E-state index contributed by atoms with van der Waals surface area (Å²) < 4.78 is 10.8. The quantitative estimate of drug-likeness (QED) is 0.843. The zero-order chi connectivity index (χ0) is 13.5. The van der Waals surface area contributed by atoms with Crippen molar-refractivity contribution in [3.63, 3.8) is 0 Å². The molecular weight excluding hydrogens is 258 g/mol. The first kappa shape index (κ1) is 14.1. The van der Waals surface area contributed by atoms with Crippen molar-refractivity contribution in [1.82, 2.24) is 5.32 Å². The lowest BCUT2D eigenvalue weighted by atomic mass is 10.2. The van der Waals surface area contributed by atoms with Crippen LogP contribution in [0.4, 0.5) is 0 Å². The molecular formula is C15H19NO2S. The van der Waals surface area contributed by atoms with E-state index in [4.69, 9.17) is 9.47 Å². The summed E-state index contributed by atoms with van der Waals surface area (Å²) in [6, 6.07) is 12.2. The number of ether oxygens (including phenoxy) is 2. The monoisotopic (exact) mass is 277 g/mol. The van der Waals surface area contributed by atoms with Gasteiger partial charge >= 0.3 is 0 Å². The van der Waals surface area contributed by atoms with Gasteiger partial charge in [-0.05, 0) is 36.9 Å². The molecule has 1 aromatic heterocycles. The zero-order valence-corrected chi connectivity index (χ0v) is 12.1. The molecule has 0 fully saturated rings. The zero-order valence-electron chi connectivity index (χ0n) is 11.3. The third-order valence-corrected chi connectivity index (χ3v) is 3.80. The summed E-state index contributed by atoms with van der Waals surface area (Å²) in [4.78, 5) is 2.60. The lowest BCUT2D eigenvalue weighted by Gasteiger charge is -2.04.